The van der Waals surface area contributed by atoms with Gasteiger partial charge in [-0.05, 0) is 29.5 Å². The maximum Gasteiger partial charge on any atom is 0.573 e. The number of hydrogen-bond donors (Lipinski definition) is 0. The number of rotatable bonds is 3. The summed E-state index contributed by atoms with van der Waals surface area (Å²) < 4.78 is 40.3. The lowest BCUT2D eigenvalue weighted by Crippen LogP contribution is -2.17. The first kappa shape index (κ1) is 14.2. The Bertz CT molecular complexity index is 399. The number of benzene rings is 1. The van der Waals surface area contributed by atoms with Crippen LogP contribution in [0.15, 0.2) is 12.1 Å². The van der Waals surface area contributed by atoms with Crippen LogP contribution in [0.1, 0.15) is 37.8 Å². The molecule has 0 aromatic heterocycles. The van der Waals surface area contributed by atoms with Crippen LogP contribution in [0, 0.1) is 0 Å². The number of ether oxygens (including phenoxy) is 1. The normalized spacial score (nSPS) is 12.0. The molecule has 1 nitrogen and oxygen atoms in total. The SMILES string of the molecule is CCc1c(C(C)C)ccc(OC(F)(F)F)c1Cl. The Kier molecular flexibility index (Phi) is 4.31. The van der Waals surface area contributed by atoms with Crippen LogP contribution >= 0.6 is 11.6 Å². The van der Waals surface area contributed by atoms with Gasteiger partial charge in [0.1, 0.15) is 5.75 Å². The zero-order valence-corrected chi connectivity index (χ0v) is 10.6. The lowest BCUT2D eigenvalue weighted by Gasteiger charge is -2.17. The van der Waals surface area contributed by atoms with Gasteiger partial charge in [-0.25, -0.2) is 0 Å². The Balaban J connectivity index is 3.20. The molecule has 0 N–H and O–H groups in total. The summed E-state index contributed by atoms with van der Waals surface area (Å²) in [5.41, 5.74) is 1.66. The third-order valence-electron chi connectivity index (χ3n) is 2.45. The Hall–Kier alpha value is -0.900. The molecule has 0 unspecified atom stereocenters. The van der Waals surface area contributed by atoms with Crippen molar-refractivity contribution in [3.63, 3.8) is 0 Å². The monoisotopic (exact) mass is 266 g/mol. The van der Waals surface area contributed by atoms with Crippen molar-refractivity contribution in [3.05, 3.63) is 28.3 Å². The zero-order chi connectivity index (χ0) is 13.2. The maximum absolute atomic E-state index is 12.1. The van der Waals surface area contributed by atoms with Crippen molar-refractivity contribution in [2.24, 2.45) is 0 Å². The summed E-state index contributed by atoms with van der Waals surface area (Å²) in [6.07, 6.45) is -4.14. The first-order chi connectivity index (χ1) is 7.76. The third-order valence-corrected chi connectivity index (χ3v) is 2.86. The fourth-order valence-electron chi connectivity index (χ4n) is 1.72. The highest BCUT2D eigenvalue weighted by atomic mass is 35.5. The summed E-state index contributed by atoms with van der Waals surface area (Å²) in [6.45, 7) is 5.79. The van der Waals surface area contributed by atoms with Crippen LogP contribution < -0.4 is 4.74 Å². The molecular formula is C12H14ClF3O. The Labute approximate surface area is 104 Å². The summed E-state index contributed by atoms with van der Waals surface area (Å²) in [5.74, 6) is -0.122. The van der Waals surface area contributed by atoms with Crippen molar-refractivity contribution >= 4 is 11.6 Å². The van der Waals surface area contributed by atoms with Gasteiger partial charge < -0.3 is 4.74 Å². The van der Waals surface area contributed by atoms with E-state index in [0.29, 0.717) is 12.0 Å². The first-order valence-corrected chi connectivity index (χ1v) is 5.71. The summed E-state index contributed by atoms with van der Waals surface area (Å²) in [7, 11) is 0. The predicted octanol–water partition coefficient (Wildman–Crippen LogP) is 4.92. The molecule has 0 radical (unpaired) electrons. The summed E-state index contributed by atoms with van der Waals surface area (Å²) in [6, 6.07) is 2.90. The first-order valence-electron chi connectivity index (χ1n) is 5.33. The van der Waals surface area contributed by atoms with Crippen molar-refractivity contribution in [1.29, 1.82) is 0 Å². The maximum atomic E-state index is 12.1. The van der Waals surface area contributed by atoms with Gasteiger partial charge in [-0.15, -0.1) is 13.2 Å². The number of alkyl halides is 3. The fraction of sp³-hybridized carbons (Fsp3) is 0.500. The molecule has 1 aromatic rings. The molecule has 0 saturated heterocycles. The number of hydrogen-bond acceptors (Lipinski definition) is 1. The second-order valence-corrected chi connectivity index (χ2v) is 4.38. The standard InChI is InChI=1S/C12H14ClF3O/c1-4-8-9(7(2)3)5-6-10(11(8)13)17-12(14,15)16/h5-7H,4H2,1-3H3. The molecule has 0 aliphatic carbocycles. The van der Waals surface area contributed by atoms with Crippen molar-refractivity contribution in [2.45, 2.75) is 39.5 Å². The van der Waals surface area contributed by atoms with E-state index in [1.165, 1.54) is 6.07 Å². The lowest BCUT2D eigenvalue weighted by molar-refractivity contribution is -0.274. The molecule has 0 spiro atoms. The summed E-state index contributed by atoms with van der Waals surface area (Å²) >= 11 is 5.94. The second-order valence-electron chi connectivity index (χ2n) is 4.00. The van der Waals surface area contributed by atoms with E-state index in [-0.39, 0.29) is 16.7 Å². The smallest absolute Gasteiger partial charge is 0.404 e. The van der Waals surface area contributed by atoms with Gasteiger partial charge in [0, 0.05) is 0 Å². The van der Waals surface area contributed by atoms with Crippen molar-refractivity contribution < 1.29 is 17.9 Å². The average molecular weight is 267 g/mol. The van der Waals surface area contributed by atoms with Gasteiger partial charge in [0.15, 0.2) is 0 Å². The molecule has 0 aliphatic heterocycles. The molecule has 0 amide bonds. The second kappa shape index (κ2) is 5.17. The van der Waals surface area contributed by atoms with Crippen LogP contribution in [0.3, 0.4) is 0 Å². The highest BCUT2D eigenvalue weighted by Gasteiger charge is 2.32. The molecular weight excluding hydrogens is 253 g/mol. The topological polar surface area (TPSA) is 9.23 Å². The van der Waals surface area contributed by atoms with Gasteiger partial charge in [0.05, 0.1) is 5.02 Å². The van der Waals surface area contributed by atoms with Gasteiger partial charge in [0.25, 0.3) is 0 Å². The molecule has 0 fully saturated rings. The number of halogens is 4. The molecule has 5 heteroatoms. The molecule has 96 valence electrons. The van der Waals surface area contributed by atoms with Gasteiger partial charge in [-0.2, -0.15) is 0 Å². The largest absolute Gasteiger partial charge is 0.573 e. The Morgan fingerprint density at radius 1 is 1.29 bits per heavy atom. The molecule has 0 atom stereocenters. The van der Waals surface area contributed by atoms with Crippen LogP contribution in [0.5, 0.6) is 5.75 Å². The third kappa shape index (κ3) is 3.53. The highest BCUT2D eigenvalue weighted by molar-refractivity contribution is 6.33. The van der Waals surface area contributed by atoms with Gasteiger partial charge >= 0.3 is 6.36 Å². The van der Waals surface area contributed by atoms with Crippen LogP contribution in [-0.2, 0) is 6.42 Å². The fourth-order valence-corrected chi connectivity index (χ4v) is 2.06. The Morgan fingerprint density at radius 3 is 2.29 bits per heavy atom. The molecule has 0 heterocycles. The van der Waals surface area contributed by atoms with Crippen LogP contribution in [0.4, 0.5) is 13.2 Å². The van der Waals surface area contributed by atoms with E-state index in [2.05, 4.69) is 4.74 Å². The van der Waals surface area contributed by atoms with E-state index in [9.17, 15) is 13.2 Å². The highest BCUT2D eigenvalue weighted by Crippen LogP contribution is 2.36. The average Bonchev–Trinajstić information content (AvgIpc) is 2.18. The van der Waals surface area contributed by atoms with Crippen LogP contribution in [0.2, 0.25) is 5.02 Å². The van der Waals surface area contributed by atoms with E-state index in [1.807, 2.05) is 20.8 Å². The summed E-state index contributed by atoms with van der Waals surface area (Å²) in [5, 5.41) is 0.0519. The van der Waals surface area contributed by atoms with Gasteiger partial charge in [0.2, 0.25) is 0 Å². The van der Waals surface area contributed by atoms with E-state index in [1.54, 1.807) is 6.07 Å². The summed E-state index contributed by atoms with van der Waals surface area (Å²) in [4.78, 5) is 0. The lowest BCUT2D eigenvalue weighted by atomic mass is 9.95. The minimum atomic E-state index is -4.71. The van der Waals surface area contributed by atoms with Crippen molar-refractivity contribution in [3.8, 4) is 5.75 Å². The molecule has 1 aromatic carbocycles. The van der Waals surface area contributed by atoms with Gasteiger partial charge in [-0.3, -0.25) is 0 Å². The minimum Gasteiger partial charge on any atom is -0.404 e. The van der Waals surface area contributed by atoms with Crippen molar-refractivity contribution in [2.75, 3.05) is 0 Å². The molecule has 0 saturated carbocycles. The van der Waals surface area contributed by atoms with Crippen molar-refractivity contribution in [1.82, 2.24) is 0 Å². The van der Waals surface area contributed by atoms with E-state index in [0.717, 1.165) is 5.56 Å². The van der Waals surface area contributed by atoms with E-state index in [4.69, 9.17) is 11.6 Å². The molecule has 17 heavy (non-hydrogen) atoms. The molecule has 1 rings (SSSR count). The van der Waals surface area contributed by atoms with E-state index >= 15 is 0 Å². The zero-order valence-electron chi connectivity index (χ0n) is 9.86. The van der Waals surface area contributed by atoms with E-state index < -0.39 is 6.36 Å². The predicted molar refractivity (Wildman–Crippen MR) is 61.6 cm³/mol. The van der Waals surface area contributed by atoms with Gasteiger partial charge in [-0.1, -0.05) is 38.4 Å². The quantitative estimate of drug-likeness (QED) is 0.754. The molecule has 0 aliphatic rings. The van der Waals surface area contributed by atoms with Crippen LogP contribution in [-0.4, -0.2) is 6.36 Å². The molecule has 0 bridgehead atoms. The van der Waals surface area contributed by atoms with Crippen LogP contribution in [0.25, 0.3) is 0 Å². The Morgan fingerprint density at radius 2 is 1.88 bits per heavy atom. The minimum absolute atomic E-state index is 0.0519.